The SMILES string of the molecule is CCC(=O)NCC(=O)N(Cc1ccccc1)CC1(O)CCCC1. The van der Waals surface area contributed by atoms with E-state index in [1.54, 1.807) is 11.8 Å². The molecule has 1 aromatic carbocycles. The maximum atomic E-state index is 12.5. The maximum absolute atomic E-state index is 12.5. The predicted molar refractivity (Wildman–Crippen MR) is 88.6 cm³/mol. The minimum atomic E-state index is -0.792. The van der Waals surface area contributed by atoms with Gasteiger partial charge in [0.15, 0.2) is 0 Å². The average Bonchev–Trinajstić information content (AvgIpc) is 2.99. The van der Waals surface area contributed by atoms with Crippen molar-refractivity contribution in [3.05, 3.63) is 35.9 Å². The van der Waals surface area contributed by atoms with Crippen molar-refractivity contribution in [2.75, 3.05) is 13.1 Å². The van der Waals surface area contributed by atoms with Gasteiger partial charge in [-0.15, -0.1) is 0 Å². The Morgan fingerprint density at radius 2 is 1.87 bits per heavy atom. The Kier molecular flexibility index (Phi) is 6.16. The zero-order chi connectivity index (χ0) is 16.7. The number of nitrogens with zero attached hydrogens (tertiary/aromatic N) is 1. The molecule has 1 fully saturated rings. The van der Waals surface area contributed by atoms with Crippen molar-refractivity contribution in [3.8, 4) is 0 Å². The van der Waals surface area contributed by atoms with Gasteiger partial charge in [0.25, 0.3) is 0 Å². The number of carbonyl (C=O) groups excluding carboxylic acids is 2. The normalized spacial score (nSPS) is 16.1. The van der Waals surface area contributed by atoms with E-state index in [2.05, 4.69) is 5.32 Å². The Labute approximate surface area is 137 Å². The molecule has 1 saturated carbocycles. The van der Waals surface area contributed by atoms with Crippen molar-refractivity contribution in [2.45, 2.75) is 51.2 Å². The van der Waals surface area contributed by atoms with E-state index in [1.165, 1.54) is 0 Å². The van der Waals surface area contributed by atoms with Gasteiger partial charge in [-0.3, -0.25) is 9.59 Å². The number of hydrogen-bond donors (Lipinski definition) is 2. The molecule has 2 N–H and O–H groups in total. The summed E-state index contributed by atoms with van der Waals surface area (Å²) in [5.74, 6) is -0.298. The number of carbonyl (C=O) groups is 2. The summed E-state index contributed by atoms with van der Waals surface area (Å²) < 4.78 is 0. The Hall–Kier alpha value is -1.88. The van der Waals surface area contributed by atoms with Crippen molar-refractivity contribution in [1.82, 2.24) is 10.2 Å². The smallest absolute Gasteiger partial charge is 0.242 e. The predicted octanol–water partition coefficient (Wildman–Crippen LogP) is 1.85. The quantitative estimate of drug-likeness (QED) is 0.806. The molecule has 0 bridgehead atoms. The van der Waals surface area contributed by atoms with Crippen LogP contribution in [0.5, 0.6) is 0 Å². The van der Waals surface area contributed by atoms with Crippen LogP contribution in [0.25, 0.3) is 0 Å². The van der Waals surface area contributed by atoms with Gasteiger partial charge in [0, 0.05) is 19.5 Å². The Bertz CT molecular complexity index is 524. The van der Waals surface area contributed by atoms with Crippen LogP contribution in [0.15, 0.2) is 30.3 Å². The Morgan fingerprint density at radius 3 is 2.48 bits per heavy atom. The lowest BCUT2D eigenvalue weighted by molar-refractivity contribution is -0.136. The van der Waals surface area contributed by atoms with Gasteiger partial charge < -0.3 is 15.3 Å². The average molecular weight is 318 g/mol. The molecule has 1 aliphatic carbocycles. The van der Waals surface area contributed by atoms with Crippen LogP contribution in [0.4, 0.5) is 0 Å². The van der Waals surface area contributed by atoms with E-state index in [9.17, 15) is 14.7 Å². The summed E-state index contributed by atoms with van der Waals surface area (Å²) in [5, 5.41) is 13.3. The van der Waals surface area contributed by atoms with Gasteiger partial charge in [-0.1, -0.05) is 50.1 Å². The highest BCUT2D eigenvalue weighted by atomic mass is 16.3. The molecule has 0 unspecified atom stereocenters. The molecular formula is C18H26N2O3. The van der Waals surface area contributed by atoms with E-state index in [4.69, 9.17) is 0 Å². The molecule has 0 spiro atoms. The van der Waals surface area contributed by atoms with Crippen LogP contribution in [0, 0.1) is 0 Å². The molecule has 1 aliphatic rings. The monoisotopic (exact) mass is 318 g/mol. The fraction of sp³-hybridized carbons (Fsp3) is 0.556. The number of hydrogen-bond acceptors (Lipinski definition) is 3. The largest absolute Gasteiger partial charge is 0.388 e. The molecule has 23 heavy (non-hydrogen) atoms. The summed E-state index contributed by atoms with van der Waals surface area (Å²) in [7, 11) is 0. The lowest BCUT2D eigenvalue weighted by atomic mass is 10.0. The van der Waals surface area contributed by atoms with Gasteiger partial charge in [0.2, 0.25) is 11.8 Å². The van der Waals surface area contributed by atoms with Crippen LogP contribution in [0.3, 0.4) is 0 Å². The van der Waals surface area contributed by atoms with Crippen LogP contribution < -0.4 is 5.32 Å². The van der Waals surface area contributed by atoms with Gasteiger partial charge in [-0.25, -0.2) is 0 Å². The summed E-state index contributed by atoms with van der Waals surface area (Å²) in [6.07, 6.45) is 3.81. The molecule has 5 nitrogen and oxygen atoms in total. The summed E-state index contributed by atoms with van der Waals surface area (Å²) in [6.45, 7) is 2.51. The molecule has 0 saturated heterocycles. The molecule has 2 rings (SSSR count). The third-order valence-corrected chi connectivity index (χ3v) is 4.35. The summed E-state index contributed by atoms with van der Waals surface area (Å²) in [6, 6.07) is 9.72. The lowest BCUT2D eigenvalue weighted by Crippen LogP contribution is -2.47. The zero-order valence-corrected chi connectivity index (χ0v) is 13.8. The second kappa shape index (κ2) is 8.11. The molecule has 0 heterocycles. The first-order valence-electron chi connectivity index (χ1n) is 8.33. The number of aliphatic hydroxyl groups is 1. The highest BCUT2D eigenvalue weighted by Gasteiger charge is 2.34. The highest BCUT2D eigenvalue weighted by molar-refractivity contribution is 5.84. The van der Waals surface area contributed by atoms with E-state index in [-0.39, 0.29) is 18.4 Å². The zero-order valence-electron chi connectivity index (χ0n) is 13.8. The van der Waals surface area contributed by atoms with Gasteiger partial charge in [0.05, 0.1) is 12.1 Å². The topological polar surface area (TPSA) is 69.6 Å². The van der Waals surface area contributed by atoms with E-state index in [0.29, 0.717) is 19.5 Å². The van der Waals surface area contributed by atoms with Gasteiger partial charge in [-0.2, -0.15) is 0 Å². The van der Waals surface area contributed by atoms with Crippen molar-refractivity contribution < 1.29 is 14.7 Å². The fourth-order valence-corrected chi connectivity index (χ4v) is 2.99. The van der Waals surface area contributed by atoms with Crippen LogP contribution in [-0.4, -0.2) is 40.5 Å². The van der Waals surface area contributed by atoms with Crippen LogP contribution in [-0.2, 0) is 16.1 Å². The summed E-state index contributed by atoms with van der Waals surface area (Å²) >= 11 is 0. The molecule has 0 aliphatic heterocycles. The highest BCUT2D eigenvalue weighted by Crippen LogP contribution is 2.30. The number of amides is 2. The van der Waals surface area contributed by atoms with Gasteiger partial charge in [-0.05, 0) is 18.4 Å². The fourth-order valence-electron chi connectivity index (χ4n) is 2.99. The number of rotatable bonds is 7. The lowest BCUT2D eigenvalue weighted by Gasteiger charge is -2.31. The van der Waals surface area contributed by atoms with Gasteiger partial charge in [0.1, 0.15) is 0 Å². The first kappa shape index (κ1) is 17.5. The van der Waals surface area contributed by atoms with Crippen molar-refractivity contribution in [2.24, 2.45) is 0 Å². The maximum Gasteiger partial charge on any atom is 0.242 e. The van der Waals surface area contributed by atoms with Gasteiger partial charge >= 0.3 is 0 Å². The third kappa shape index (κ3) is 5.36. The molecular weight excluding hydrogens is 292 g/mol. The van der Waals surface area contributed by atoms with E-state index in [1.807, 2.05) is 30.3 Å². The van der Waals surface area contributed by atoms with E-state index in [0.717, 1.165) is 31.2 Å². The molecule has 0 atom stereocenters. The Balaban J connectivity index is 2.03. The molecule has 5 heteroatoms. The van der Waals surface area contributed by atoms with Crippen molar-refractivity contribution >= 4 is 11.8 Å². The molecule has 126 valence electrons. The van der Waals surface area contributed by atoms with E-state index < -0.39 is 5.60 Å². The molecule has 0 radical (unpaired) electrons. The van der Waals surface area contributed by atoms with E-state index >= 15 is 0 Å². The second-order valence-electron chi connectivity index (χ2n) is 6.30. The standard InChI is InChI=1S/C18H26N2O3/c1-2-16(21)19-12-17(22)20(13-15-8-4-3-5-9-15)14-18(23)10-6-7-11-18/h3-5,8-9,23H,2,6-7,10-14H2,1H3,(H,19,21). The first-order valence-corrected chi connectivity index (χ1v) is 8.33. The minimum absolute atomic E-state index is 0.0183. The Morgan fingerprint density at radius 1 is 1.22 bits per heavy atom. The van der Waals surface area contributed by atoms with Crippen LogP contribution in [0.2, 0.25) is 0 Å². The molecule has 2 amide bonds. The molecule has 1 aromatic rings. The number of benzene rings is 1. The van der Waals surface area contributed by atoms with Crippen LogP contribution in [0.1, 0.15) is 44.6 Å². The summed E-state index contributed by atoms with van der Waals surface area (Å²) in [4.78, 5) is 25.5. The van der Waals surface area contributed by atoms with Crippen molar-refractivity contribution in [3.63, 3.8) is 0 Å². The first-order chi connectivity index (χ1) is 11.0. The van der Waals surface area contributed by atoms with Crippen molar-refractivity contribution in [1.29, 1.82) is 0 Å². The summed E-state index contributed by atoms with van der Waals surface area (Å²) in [5.41, 5.74) is 0.225. The van der Waals surface area contributed by atoms with Crippen LogP contribution >= 0.6 is 0 Å². The minimum Gasteiger partial charge on any atom is -0.388 e. The third-order valence-electron chi connectivity index (χ3n) is 4.35. The number of nitrogens with one attached hydrogen (secondary N) is 1. The second-order valence-corrected chi connectivity index (χ2v) is 6.30. The molecule has 0 aromatic heterocycles.